The van der Waals surface area contributed by atoms with Crippen LogP contribution in [0.1, 0.15) is 12.8 Å². The van der Waals surface area contributed by atoms with E-state index in [9.17, 15) is 18.0 Å². The second-order valence-corrected chi connectivity index (χ2v) is 4.99. The van der Waals surface area contributed by atoms with Crippen LogP contribution in [0.15, 0.2) is 0 Å². The highest BCUT2D eigenvalue weighted by Gasteiger charge is 2.35. The van der Waals surface area contributed by atoms with E-state index in [2.05, 4.69) is 0 Å². The van der Waals surface area contributed by atoms with Gasteiger partial charge in [0.2, 0.25) is 5.91 Å². The van der Waals surface area contributed by atoms with E-state index in [0.29, 0.717) is 25.9 Å². The molecular weight excluding hydrogens is 247 g/mol. The van der Waals surface area contributed by atoms with Gasteiger partial charge in [0, 0.05) is 14.1 Å². The van der Waals surface area contributed by atoms with Crippen LogP contribution in [-0.4, -0.2) is 61.7 Å². The molecule has 1 saturated heterocycles. The van der Waals surface area contributed by atoms with Gasteiger partial charge in [-0.15, -0.1) is 0 Å². The SMILES string of the molecule is CN(C)C(=O)C(N)C1CCN(CC(F)(F)F)CC1. The Labute approximate surface area is 105 Å². The van der Waals surface area contributed by atoms with Crippen LogP contribution in [0.3, 0.4) is 0 Å². The van der Waals surface area contributed by atoms with Crippen LogP contribution in [0, 0.1) is 5.92 Å². The van der Waals surface area contributed by atoms with Crippen molar-refractivity contribution in [2.45, 2.75) is 25.1 Å². The smallest absolute Gasteiger partial charge is 0.347 e. The molecule has 1 fully saturated rings. The van der Waals surface area contributed by atoms with Crippen molar-refractivity contribution in [3.8, 4) is 0 Å². The molecule has 106 valence electrons. The van der Waals surface area contributed by atoms with Gasteiger partial charge in [-0.25, -0.2) is 0 Å². The van der Waals surface area contributed by atoms with Crippen LogP contribution < -0.4 is 5.73 Å². The van der Waals surface area contributed by atoms with Crippen molar-refractivity contribution in [3.63, 3.8) is 0 Å². The average molecular weight is 267 g/mol. The van der Waals surface area contributed by atoms with E-state index in [1.165, 1.54) is 9.80 Å². The Morgan fingerprint density at radius 3 is 2.28 bits per heavy atom. The number of amides is 1. The van der Waals surface area contributed by atoms with Crippen LogP contribution in [-0.2, 0) is 4.79 Å². The van der Waals surface area contributed by atoms with Crippen molar-refractivity contribution in [1.82, 2.24) is 9.80 Å². The van der Waals surface area contributed by atoms with Crippen molar-refractivity contribution in [2.24, 2.45) is 11.7 Å². The number of likely N-dealkylation sites (tertiary alicyclic amines) is 1. The van der Waals surface area contributed by atoms with Gasteiger partial charge in [-0.05, 0) is 31.8 Å². The summed E-state index contributed by atoms with van der Waals surface area (Å²) < 4.78 is 36.6. The number of hydrogen-bond acceptors (Lipinski definition) is 3. The van der Waals surface area contributed by atoms with Crippen LogP contribution in [0.2, 0.25) is 0 Å². The monoisotopic (exact) mass is 267 g/mol. The molecule has 1 amide bonds. The van der Waals surface area contributed by atoms with Crippen LogP contribution in [0.25, 0.3) is 0 Å². The molecule has 0 bridgehead atoms. The van der Waals surface area contributed by atoms with Gasteiger partial charge in [0.05, 0.1) is 12.6 Å². The van der Waals surface area contributed by atoms with E-state index in [-0.39, 0.29) is 11.8 Å². The first-order valence-corrected chi connectivity index (χ1v) is 5.96. The van der Waals surface area contributed by atoms with Gasteiger partial charge >= 0.3 is 6.18 Å². The number of nitrogens with two attached hydrogens (primary N) is 1. The summed E-state index contributed by atoms with van der Waals surface area (Å²) in [5, 5.41) is 0. The maximum Gasteiger partial charge on any atom is 0.401 e. The van der Waals surface area contributed by atoms with Gasteiger partial charge in [-0.2, -0.15) is 13.2 Å². The fraction of sp³-hybridized carbons (Fsp3) is 0.909. The number of nitrogens with zero attached hydrogens (tertiary/aromatic N) is 2. The number of halogens is 3. The Kier molecular flexibility index (Phi) is 4.98. The summed E-state index contributed by atoms with van der Waals surface area (Å²) in [4.78, 5) is 14.4. The van der Waals surface area contributed by atoms with Crippen LogP contribution in [0.5, 0.6) is 0 Å². The van der Waals surface area contributed by atoms with Gasteiger partial charge in [-0.3, -0.25) is 9.69 Å². The first kappa shape index (κ1) is 15.2. The molecule has 0 aromatic heterocycles. The fourth-order valence-electron chi connectivity index (χ4n) is 2.22. The molecule has 1 aliphatic rings. The molecule has 18 heavy (non-hydrogen) atoms. The zero-order valence-electron chi connectivity index (χ0n) is 10.7. The van der Waals surface area contributed by atoms with Crippen LogP contribution in [0.4, 0.5) is 13.2 Å². The summed E-state index contributed by atoms with van der Waals surface area (Å²) in [7, 11) is 3.25. The highest BCUT2D eigenvalue weighted by atomic mass is 19.4. The molecule has 1 atom stereocenters. The number of likely N-dealkylation sites (N-methyl/N-ethyl adjacent to an activating group) is 1. The van der Waals surface area contributed by atoms with Crippen molar-refractivity contribution in [2.75, 3.05) is 33.7 Å². The van der Waals surface area contributed by atoms with E-state index in [1.54, 1.807) is 14.1 Å². The molecule has 0 aromatic rings. The molecule has 1 heterocycles. The predicted octanol–water partition coefficient (Wildman–Crippen LogP) is 0.676. The number of piperidine rings is 1. The van der Waals surface area contributed by atoms with Crippen molar-refractivity contribution in [3.05, 3.63) is 0 Å². The zero-order chi connectivity index (χ0) is 13.9. The minimum atomic E-state index is -4.16. The summed E-state index contributed by atoms with van der Waals surface area (Å²) in [5.41, 5.74) is 5.83. The van der Waals surface area contributed by atoms with Gasteiger partial charge in [0.25, 0.3) is 0 Å². The maximum atomic E-state index is 12.2. The lowest BCUT2D eigenvalue weighted by Gasteiger charge is -2.35. The Balaban J connectivity index is 2.42. The molecule has 0 spiro atoms. The Hall–Kier alpha value is -0.820. The van der Waals surface area contributed by atoms with E-state index in [4.69, 9.17) is 5.73 Å². The molecule has 1 rings (SSSR count). The molecule has 2 N–H and O–H groups in total. The zero-order valence-corrected chi connectivity index (χ0v) is 10.7. The Morgan fingerprint density at radius 2 is 1.89 bits per heavy atom. The van der Waals surface area contributed by atoms with Crippen LogP contribution >= 0.6 is 0 Å². The fourth-order valence-corrected chi connectivity index (χ4v) is 2.22. The first-order valence-electron chi connectivity index (χ1n) is 5.96. The van der Waals surface area contributed by atoms with Crippen molar-refractivity contribution < 1.29 is 18.0 Å². The summed E-state index contributed by atoms with van der Waals surface area (Å²) in [6.45, 7) is -0.187. The summed E-state index contributed by atoms with van der Waals surface area (Å²) >= 11 is 0. The van der Waals surface area contributed by atoms with Gasteiger partial charge in [0.1, 0.15) is 0 Å². The Bertz CT molecular complexity index is 286. The largest absolute Gasteiger partial charge is 0.401 e. The molecule has 4 nitrogen and oxygen atoms in total. The normalized spacial score (nSPS) is 20.8. The molecule has 0 aromatic carbocycles. The molecular formula is C11H20F3N3O. The molecule has 0 aliphatic carbocycles. The number of carbonyl (C=O) groups is 1. The van der Waals surface area contributed by atoms with Gasteiger partial charge in [0.15, 0.2) is 0 Å². The second-order valence-electron chi connectivity index (χ2n) is 4.99. The number of rotatable bonds is 3. The molecule has 7 heteroatoms. The minimum absolute atomic E-state index is 0.0237. The molecule has 0 radical (unpaired) electrons. The van der Waals surface area contributed by atoms with E-state index in [0.717, 1.165) is 0 Å². The topological polar surface area (TPSA) is 49.6 Å². The van der Waals surface area contributed by atoms with E-state index in [1.807, 2.05) is 0 Å². The quantitative estimate of drug-likeness (QED) is 0.818. The molecule has 0 saturated carbocycles. The predicted molar refractivity (Wildman–Crippen MR) is 61.9 cm³/mol. The molecule has 1 unspecified atom stereocenters. The third-order valence-corrected chi connectivity index (χ3v) is 3.27. The second kappa shape index (κ2) is 5.88. The lowest BCUT2D eigenvalue weighted by atomic mass is 9.89. The van der Waals surface area contributed by atoms with Crippen molar-refractivity contribution in [1.29, 1.82) is 0 Å². The Morgan fingerprint density at radius 1 is 1.39 bits per heavy atom. The van der Waals surface area contributed by atoms with Crippen molar-refractivity contribution >= 4 is 5.91 Å². The number of hydrogen-bond donors (Lipinski definition) is 1. The minimum Gasteiger partial charge on any atom is -0.347 e. The summed E-state index contributed by atoms with van der Waals surface area (Å²) in [6, 6.07) is -0.604. The first-order chi connectivity index (χ1) is 8.20. The number of alkyl halides is 3. The third kappa shape index (κ3) is 4.45. The van der Waals surface area contributed by atoms with Gasteiger partial charge in [-0.1, -0.05) is 0 Å². The third-order valence-electron chi connectivity index (χ3n) is 3.27. The lowest BCUT2D eigenvalue weighted by Crippen LogP contribution is -2.49. The summed E-state index contributed by atoms with van der Waals surface area (Å²) in [5.74, 6) is -0.186. The highest BCUT2D eigenvalue weighted by molar-refractivity contribution is 5.81. The lowest BCUT2D eigenvalue weighted by molar-refractivity contribution is -0.149. The highest BCUT2D eigenvalue weighted by Crippen LogP contribution is 2.24. The van der Waals surface area contributed by atoms with Gasteiger partial charge < -0.3 is 10.6 Å². The molecule has 1 aliphatic heterocycles. The standard InChI is InChI=1S/C11H20F3N3O/c1-16(2)10(18)9(15)8-3-5-17(6-4-8)7-11(12,13)14/h8-9H,3-7,15H2,1-2H3. The summed E-state index contributed by atoms with van der Waals surface area (Å²) in [6.07, 6.45) is -3.08. The van der Waals surface area contributed by atoms with E-state index < -0.39 is 18.8 Å². The van der Waals surface area contributed by atoms with E-state index >= 15 is 0 Å². The number of carbonyl (C=O) groups excluding carboxylic acids is 1. The maximum absolute atomic E-state index is 12.2. The average Bonchev–Trinajstić information content (AvgIpc) is 2.26.